The van der Waals surface area contributed by atoms with Crippen LogP contribution in [-0.2, 0) is 19.6 Å². The van der Waals surface area contributed by atoms with Gasteiger partial charge in [-0.15, -0.1) is 0 Å². The van der Waals surface area contributed by atoms with E-state index in [4.69, 9.17) is 0 Å². The Morgan fingerprint density at radius 1 is 1.05 bits per heavy atom. The number of halogens is 2. The first kappa shape index (κ1) is 26.3. The highest BCUT2D eigenvalue weighted by Crippen LogP contribution is 2.23. The molecule has 7 nitrogen and oxygen atoms in total. The van der Waals surface area contributed by atoms with Crippen LogP contribution in [-0.4, -0.2) is 38.8 Å². The van der Waals surface area contributed by atoms with Crippen LogP contribution in [0.15, 0.2) is 60.7 Å². The summed E-state index contributed by atoms with van der Waals surface area (Å²) >= 11 is 0. The van der Waals surface area contributed by atoms with Crippen LogP contribution in [0, 0.1) is 11.6 Å². The van der Waals surface area contributed by atoms with E-state index in [1.807, 2.05) is 25.1 Å². The minimum absolute atomic E-state index is 0.0143. The van der Waals surface area contributed by atoms with Gasteiger partial charge in [0.2, 0.25) is 0 Å². The van der Waals surface area contributed by atoms with Crippen molar-refractivity contribution in [3.05, 3.63) is 100 Å². The molecule has 0 saturated heterocycles. The molecule has 0 aliphatic heterocycles. The lowest BCUT2D eigenvalue weighted by molar-refractivity contribution is 0.0946. The van der Waals surface area contributed by atoms with Gasteiger partial charge in [-0.3, -0.25) is 4.79 Å². The molecule has 0 spiro atoms. The Labute approximate surface area is 212 Å². The van der Waals surface area contributed by atoms with Crippen molar-refractivity contribution >= 4 is 16.8 Å². The standard InChI is InChI=1S/C28H29F2N3O4/c1-16(31-14-27(36)18-6-8-26(35)20(11-18)15-34)9-17-5-7-24-19(10-17)12-25(33-24)28(37)32-13-21-22(29)3-2-4-23(21)30/h2-8,10-12,16,27,31,33-36H,9,13-15H2,1H3,(H,32,37)/t16-,27?/m1/s1. The zero-order valence-electron chi connectivity index (χ0n) is 20.3. The topological polar surface area (TPSA) is 118 Å². The number of nitrogens with one attached hydrogen (secondary N) is 3. The maximum atomic E-state index is 13.8. The summed E-state index contributed by atoms with van der Waals surface area (Å²) in [4.78, 5) is 15.6. The van der Waals surface area contributed by atoms with Crippen molar-refractivity contribution in [2.24, 2.45) is 0 Å². The molecule has 0 radical (unpaired) electrons. The first-order valence-corrected chi connectivity index (χ1v) is 11.9. The second-order valence-corrected chi connectivity index (χ2v) is 9.06. The van der Waals surface area contributed by atoms with Gasteiger partial charge in [0.15, 0.2) is 0 Å². The highest BCUT2D eigenvalue weighted by atomic mass is 19.1. The summed E-state index contributed by atoms with van der Waals surface area (Å²) in [5.41, 5.74) is 2.83. The Balaban J connectivity index is 1.34. The van der Waals surface area contributed by atoms with E-state index < -0.39 is 23.6 Å². The highest BCUT2D eigenvalue weighted by molar-refractivity contribution is 5.98. The van der Waals surface area contributed by atoms with E-state index in [9.17, 15) is 28.9 Å². The Kier molecular flexibility index (Phi) is 8.17. The molecule has 0 fully saturated rings. The fraction of sp³-hybridized carbons (Fsp3) is 0.250. The molecule has 6 N–H and O–H groups in total. The number of amides is 1. The normalized spacial score (nSPS) is 13.0. The van der Waals surface area contributed by atoms with Gasteiger partial charge in [0, 0.05) is 41.2 Å². The fourth-order valence-corrected chi connectivity index (χ4v) is 4.19. The molecule has 0 aliphatic carbocycles. The molecule has 2 atom stereocenters. The molecule has 194 valence electrons. The monoisotopic (exact) mass is 509 g/mol. The third-order valence-corrected chi connectivity index (χ3v) is 6.28. The van der Waals surface area contributed by atoms with Gasteiger partial charge in [-0.2, -0.15) is 0 Å². The number of rotatable bonds is 10. The molecule has 1 unspecified atom stereocenters. The van der Waals surface area contributed by atoms with Crippen LogP contribution in [0.25, 0.3) is 10.9 Å². The van der Waals surface area contributed by atoms with Crippen LogP contribution in [0.2, 0.25) is 0 Å². The molecule has 0 aliphatic rings. The van der Waals surface area contributed by atoms with Gasteiger partial charge in [-0.05, 0) is 66.9 Å². The summed E-state index contributed by atoms with van der Waals surface area (Å²) in [6.45, 7) is 1.70. The average Bonchev–Trinajstić information content (AvgIpc) is 3.31. The molecule has 1 heterocycles. The van der Waals surface area contributed by atoms with Crippen molar-refractivity contribution in [1.29, 1.82) is 0 Å². The van der Waals surface area contributed by atoms with Crippen LogP contribution in [0.4, 0.5) is 8.78 Å². The number of carbonyl (C=O) groups is 1. The Hall–Kier alpha value is -3.79. The lowest BCUT2D eigenvalue weighted by Crippen LogP contribution is -2.32. The largest absolute Gasteiger partial charge is 0.508 e. The van der Waals surface area contributed by atoms with Crippen LogP contribution in [0.5, 0.6) is 5.75 Å². The van der Waals surface area contributed by atoms with E-state index >= 15 is 0 Å². The van der Waals surface area contributed by atoms with Gasteiger partial charge in [-0.1, -0.05) is 18.2 Å². The molecule has 3 aromatic carbocycles. The van der Waals surface area contributed by atoms with E-state index in [1.54, 1.807) is 18.2 Å². The van der Waals surface area contributed by atoms with Gasteiger partial charge in [0.05, 0.1) is 12.7 Å². The minimum Gasteiger partial charge on any atom is -0.508 e. The number of phenols is 1. The van der Waals surface area contributed by atoms with E-state index in [-0.39, 0.29) is 42.7 Å². The minimum atomic E-state index is -0.806. The molecule has 37 heavy (non-hydrogen) atoms. The lowest BCUT2D eigenvalue weighted by atomic mass is 10.0. The number of aromatic nitrogens is 1. The number of hydrogen-bond donors (Lipinski definition) is 6. The van der Waals surface area contributed by atoms with Crippen LogP contribution in [0.3, 0.4) is 0 Å². The molecule has 9 heteroatoms. The summed E-state index contributed by atoms with van der Waals surface area (Å²) in [5, 5.41) is 36.1. The predicted molar refractivity (Wildman–Crippen MR) is 136 cm³/mol. The molecule has 4 aromatic rings. The molecule has 0 saturated carbocycles. The number of benzene rings is 3. The Morgan fingerprint density at radius 2 is 1.81 bits per heavy atom. The second kappa shape index (κ2) is 11.5. The van der Waals surface area contributed by atoms with Gasteiger partial charge in [0.25, 0.3) is 5.91 Å². The van der Waals surface area contributed by atoms with E-state index in [0.717, 1.165) is 28.6 Å². The molecule has 0 bridgehead atoms. The SMILES string of the molecule is C[C@H](Cc1ccc2[nH]c(C(=O)NCc3c(F)cccc3F)cc2c1)NCC(O)c1ccc(O)c(CO)c1. The van der Waals surface area contributed by atoms with Crippen LogP contribution >= 0.6 is 0 Å². The van der Waals surface area contributed by atoms with Crippen molar-refractivity contribution in [2.45, 2.75) is 38.6 Å². The summed E-state index contributed by atoms with van der Waals surface area (Å²) in [7, 11) is 0. The third kappa shape index (κ3) is 6.32. The summed E-state index contributed by atoms with van der Waals surface area (Å²) in [6, 6.07) is 15.7. The Morgan fingerprint density at radius 3 is 2.54 bits per heavy atom. The van der Waals surface area contributed by atoms with Crippen LogP contribution < -0.4 is 10.6 Å². The number of fused-ring (bicyclic) bond motifs is 1. The van der Waals surface area contributed by atoms with Crippen molar-refractivity contribution in [1.82, 2.24) is 15.6 Å². The lowest BCUT2D eigenvalue weighted by Gasteiger charge is -2.18. The zero-order valence-corrected chi connectivity index (χ0v) is 20.3. The van der Waals surface area contributed by atoms with Crippen molar-refractivity contribution in [2.75, 3.05) is 6.54 Å². The number of H-pyrrole nitrogens is 1. The van der Waals surface area contributed by atoms with Gasteiger partial charge >= 0.3 is 0 Å². The van der Waals surface area contributed by atoms with E-state index in [1.165, 1.54) is 12.1 Å². The van der Waals surface area contributed by atoms with Gasteiger partial charge in [-0.25, -0.2) is 8.78 Å². The summed E-state index contributed by atoms with van der Waals surface area (Å²) < 4.78 is 27.6. The molecular formula is C28H29F2N3O4. The second-order valence-electron chi connectivity index (χ2n) is 9.06. The van der Waals surface area contributed by atoms with Gasteiger partial charge < -0.3 is 30.9 Å². The number of aliphatic hydroxyl groups is 2. The fourth-order valence-electron chi connectivity index (χ4n) is 4.19. The predicted octanol–water partition coefficient (Wildman–Crippen LogP) is 3.83. The number of hydrogen-bond acceptors (Lipinski definition) is 5. The Bertz CT molecular complexity index is 1390. The zero-order chi connectivity index (χ0) is 26.5. The number of aliphatic hydroxyl groups excluding tert-OH is 2. The number of aromatic amines is 1. The molecule has 1 aromatic heterocycles. The molecule has 4 rings (SSSR count). The summed E-state index contributed by atoms with van der Waals surface area (Å²) in [5.74, 6) is -1.91. The van der Waals surface area contributed by atoms with Crippen LogP contribution in [0.1, 0.15) is 45.8 Å². The highest BCUT2D eigenvalue weighted by Gasteiger charge is 2.15. The third-order valence-electron chi connectivity index (χ3n) is 6.28. The number of aromatic hydroxyl groups is 1. The molecular weight excluding hydrogens is 480 g/mol. The van der Waals surface area contributed by atoms with Gasteiger partial charge in [0.1, 0.15) is 23.1 Å². The quantitative estimate of drug-likeness (QED) is 0.194. The van der Waals surface area contributed by atoms with Crippen molar-refractivity contribution < 1.29 is 28.9 Å². The van der Waals surface area contributed by atoms with Crippen molar-refractivity contribution in [3.8, 4) is 5.75 Å². The first-order valence-electron chi connectivity index (χ1n) is 11.9. The summed E-state index contributed by atoms with van der Waals surface area (Å²) in [6.07, 6.45) is -0.140. The molecule has 1 amide bonds. The smallest absolute Gasteiger partial charge is 0.268 e. The van der Waals surface area contributed by atoms with E-state index in [2.05, 4.69) is 15.6 Å². The average molecular weight is 510 g/mol. The maximum Gasteiger partial charge on any atom is 0.268 e. The first-order chi connectivity index (χ1) is 17.7. The van der Waals surface area contributed by atoms with E-state index in [0.29, 0.717) is 17.5 Å². The number of carbonyl (C=O) groups excluding carboxylic acids is 1. The van der Waals surface area contributed by atoms with Crippen molar-refractivity contribution in [3.63, 3.8) is 0 Å². The maximum absolute atomic E-state index is 13.8.